The quantitative estimate of drug-likeness (QED) is 0.679. The van der Waals surface area contributed by atoms with Crippen molar-refractivity contribution >= 4 is 11.7 Å². The molecule has 0 saturated carbocycles. The Bertz CT molecular complexity index is 518. The van der Waals surface area contributed by atoms with E-state index >= 15 is 0 Å². The first-order valence-electron chi connectivity index (χ1n) is 7.22. The van der Waals surface area contributed by atoms with Crippen LogP contribution in [-0.2, 0) is 16.0 Å². The number of anilines is 1. The van der Waals surface area contributed by atoms with Crippen molar-refractivity contribution in [1.29, 1.82) is 0 Å². The average Bonchev–Trinajstić information content (AvgIpc) is 2.47. The van der Waals surface area contributed by atoms with Gasteiger partial charge < -0.3 is 15.2 Å². The summed E-state index contributed by atoms with van der Waals surface area (Å²) in [6, 6.07) is 5.53. The summed E-state index contributed by atoms with van der Waals surface area (Å²) in [5.41, 5.74) is 7.66. The number of rotatable bonds is 4. The first-order valence-corrected chi connectivity index (χ1v) is 7.22. The average molecular weight is 292 g/mol. The Hall–Kier alpha value is -1.59. The van der Waals surface area contributed by atoms with Gasteiger partial charge in [-0.1, -0.05) is 12.1 Å². The van der Waals surface area contributed by atoms with Crippen molar-refractivity contribution in [2.45, 2.75) is 31.9 Å². The van der Waals surface area contributed by atoms with Crippen LogP contribution in [-0.4, -0.2) is 43.8 Å². The summed E-state index contributed by atoms with van der Waals surface area (Å²) in [6.07, 6.45) is 2.14. The van der Waals surface area contributed by atoms with E-state index in [1.54, 1.807) is 13.2 Å². The molecule has 1 fully saturated rings. The summed E-state index contributed by atoms with van der Waals surface area (Å²) in [5, 5.41) is 0. The second kappa shape index (κ2) is 6.45. The number of hydrogen-bond acceptors (Lipinski definition) is 5. The van der Waals surface area contributed by atoms with E-state index in [9.17, 15) is 4.79 Å². The van der Waals surface area contributed by atoms with Gasteiger partial charge in [0.15, 0.2) is 0 Å². The van der Waals surface area contributed by atoms with E-state index in [0.717, 1.165) is 31.5 Å². The van der Waals surface area contributed by atoms with Crippen LogP contribution in [0.15, 0.2) is 18.2 Å². The monoisotopic (exact) mass is 292 g/mol. The van der Waals surface area contributed by atoms with Gasteiger partial charge in [-0.3, -0.25) is 4.90 Å². The van der Waals surface area contributed by atoms with Gasteiger partial charge in [-0.15, -0.1) is 0 Å². The van der Waals surface area contributed by atoms with E-state index in [4.69, 9.17) is 15.2 Å². The van der Waals surface area contributed by atoms with Gasteiger partial charge in [0, 0.05) is 25.9 Å². The third-order valence-corrected chi connectivity index (χ3v) is 4.20. The number of nitrogens with two attached hydrogens (primary N) is 1. The second-order valence-corrected chi connectivity index (χ2v) is 5.84. The van der Waals surface area contributed by atoms with E-state index in [2.05, 4.69) is 11.8 Å². The fourth-order valence-corrected chi connectivity index (χ4v) is 2.95. The molecule has 1 aromatic rings. The molecule has 21 heavy (non-hydrogen) atoms. The summed E-state index contributed by atoms with van der Waals surface area (Å²) in [6.45, 7) is 4.64. The zero-order chi connectivity index (χ0) is 15.5. The van der Waals surface area contributed by atoms with Crippen molar-refractivity contribution in [2.75, 3.05) is 33.0 Å². The molecule has 5 nitrogen and oxygen atoms in total. The van der Waals surface area contributed by atoms with Crippen LogP contribution in [0.3, 0.4) is 0 Å². The smallest absolute Gasteiger partial charge is 0.340 e. The van der Waals surface area contributed by atoms with Crippen molar-refractivity contribution in [2.24, 2.45) is 0 Å². The molecule has 2 N–H and O–H groups in total. The van der Waals surface area contributed by atoms with E-state index < -0.39 is 0 Å². The molecule has 1 aromatic carbocycles. The highest BCUT2D eigenvalue weighted by Crippen LogP contribution is 2.27. The third kappa shape index (κ3) is 3.54. The first-order chi connectivity index (χ1) is 9.99. The third-order valence-electron chi connectivity index (χ3n) is 4.20. The largest absolute Gasteiger partial charge is 0.465 e. The minimum absolute atomic E-state index is 0.121. The van der Waals surface area contributed by atoms with E-state index in [1.807, 2.05) is 12.1 Å². The lowest BCUT2D eigenvalue weighted by atomic mass is 9.94. The minimum Gasteiger partial charge on any atom is -0.465 e. The first kappa shape index (κ1) is 15.8. The van der Waals surface area contributed by atoms with E-state index in [0.29, 0.717) is 17.8 Å². The fraction of sp³-hybridized carbons (Fsp3) is 0.562. The van der Waals surface area contributed by atoms with Gasteiger partial charge in [-0.05, 0) is 37.9 Å². The van der Waals surface area contributed by atoms with Crippen LogP contribution >= 0.6 is 0 Å². The Morgan fingerprint density at radius 2 is 2.19 bits per heavy atom. The Morgan fingerprint density at radius 1 is 1.43 bits per heavy atom. The Labute approximate surface area is 126 Å². The summed E-state index contributed by atoms with van der Waals surface area (Å²) in [7, 11) is 3.13. The predicted molar refractivity (Wildman–Crippen MR) is 82.1 cm³/mol. The predicted octanol–water partition coefficient (Wildman–Crippen LogP) is 2.06. The molecular weight excluding hydrogens is 268 g/mol. The molecule has 0 spiro atoms. The van der Waals surface area contributed by atoms with Gasteiger partial charge in [0.05, 0.1) is 18.3 Å². The van der Waals surface area contributed by atoms with Crippen LogP contribution in [0.5, 0.6) is 0 Å². The van der Waals surface area contributed by atoms with Gasteiger partial charge in [0.2, 0.25) is 0 Å². The van der Waals surface area contributed by atoms with Gasteiger partial charge in [0.25, 0.3) is 0 Å². The molecule has 5 heteroatoms. The van der Waals surface area contributed by atoms with Gasteiger partial charge in [-0.25, -0.2) is 4.79 Å². The molecule has 116 valence electrons. The summed E-state index contributed by atoms with van der Waals surface area (Å²) in [5.74, 6) is -0.380. The topological polar surface area (TPSA) is 64.8 Å². The van der Waals surface area contributed by atoms with Crippen LogP contribution in [0.4, 0.5) is 5.69 Å². The molecule has 0 bridgehead atoms. The van der Waals surface area contributed by atoms with Crippen molar-refractivity contribution in [1.82, 2.24) is 4.90 Å². The van der Waals surface area contributed by atoms with Crippen LogP contribution in [0.2, 0.25) is 0 Å². The maximum absolute atomic E-state index is 11.9. The molecule has 0 radical (unpaired) electrons. The summed E-state index contributed by atoms with van der Waals surface area (Å²) >= 11 is 0. The van der Waals surface area contributed by atoms with Crippen molar-refractivity contribution < 1.29 is 14.3 Å². The zero-order valence-electron chi connectivity index (χ0n) is 13.0. The summed E-state index contributed by atoms with van der Waals surface area (Å²) < 4.78 is 10.5. The maximum atomic E-state index is 11.9. The highest BCUT2D eigenvalue weighted by molar-refractivity contribution is 5.96. The van der Waals surface area contributed by atoms with Crippen molar-refractivity contribution in [3.8, 4) is 0 Å². The molecule has 2 rings (SSSR count). The molecule has 0 aliphatic carbocycles. The second-order valence-electron chi connectivity index (χ2n) is 5.84. The van der Waals surface area contributed by atoms with Crippen LogP contribution < -0.4 is 5.73 Å². The Morgan fingerprint density at radius 3 is 2.86 bits per heavy atom. The molecule has 1 aliphatic rings. The number of methoxy groups -OCH3 is 2. The number of hydrogen-bond donors (Lipinski definition) is 1. The van der Waals surface area contributed by atoms with E-state index in [-0.39, 0.29) is 11.6 Å². The molecule has 1 atom stereocenters. The van der Waals surface area contributed by atoms with Crippen LogP contribution in [0.1, 0.15) is 35.7 Å². The normalized spacial score (nSPS) is 23.0. The van der Waals surface area contributed by atoms with Crippen LogP contribution in [0.25, 0.3) is 0 Å². The standard InChI is InChI=1S/C16H24N2O3/c1-16(21-3)8-5-9-18(11-16)10-12-6-4-7-13(17)14(12)15(19)20-2/h4,6-7H,5,8-11,17H2,1-3H3. The number of benzene rings is 1. The lowest BCUT2D eigenvalue weighted by Crippen LogP contribution is -2.47. The molecule has 1 aliphatic heterocycles. The molecule has 1 heterocycles. The number of ether oxygens (including phenoxy) is 2. The Balaban J connectivity index is 2.20. The molecule has 1 saturated heterocycles. The van der Waals surface area contributed by atoms with Gasteiger partial charge in [-0.2, -0.15) is 0 Å². The zero-order valence-corrected chi connectivity index (χ0v) is 13.0. The number of nitrogen functional groups attached to an aromatic ring is 1. The van der Waals surface area contributed by atoms with Gasteiger partial charge >= 0.3 is 5.97 Å². The lowest BCUT2D eigenvalue weighted by molar-refractivity contribution is -0.0527. The van der Waals surface area contributed by atoms with Crippen molar-refractivity contribution in [3.05, 3.63) is 29.3 Å². The van der Waals surface area contributed by atoms with E-state index in [1.165, 1.54) is 7.11 Å². The number of carbonyl (C=O) groups excluding carboxylic acids is 1. The number of carbonyl (C=O) groups is 1. The number of piperidine rings is 1. The number of esters is 1. The minimum atomic E-state index is -0.380. The SMILES string of the molecule is COC(=O)c1c(N)cccc1CN1CCCC(C)(OC)C1. The fourth-order valence-electron chi connectivity index (χ4n) is 2.95. The maximum Gasteiger partial charge on any atom is 0.340 e. The molecule has 0 amide bonds. The van der Waals surface area contributed by atoms with Gasteiger partial charge in [0.1, 0.15) is 0 Å². The van der Waals surface area contributed by atoms with Crippen molar-refractivity contribution in [3.63, 3.8) is 0 Å². The highest BCUT2D eigenvalue weighted by atomic mass is 16.5. The lowest BCUT2D eigenvalue weighted by Gasteiger charge is -2.39. The van der Waals surface area contributed by atoms with Crippen LogP contribution in [0, 0.1) is 0 Å². The Kier molecular flexibility index (Phi) is 4.85. The number of nitrogens with zero attached hydrogens (tertiary/aromatic N) is 1. The molecule has 1 unspecified atom stereocenters. The molecular formula is C16H24N2O3. The summed E-state index contributed by atoms with van der Waals surface area (Å²) in [4.78, 5) is 14.2. The highest BCUT2D eigenvalue weighted by Gasteiger charge is 2.31. The number of likely N-dealkylation sites (tertiary alicyclic amines) is 1. The molecule has 0 aromatic heterocycles.